The highest BCUT2D eigenvalue weighted by molar-refractivity contribution is 9.12. The standard InChI is InChI=1S/C13H19BrO/c1-8(2)12(13(14)9(3)4)11-7-15-6-10(11)5/h8H,5-7H2,1-4H3/b12-11-. The fraction of sp³-hybridized carbons (Fsp3) is 0.538. The van der Waals surface area contributed by atoms with E-state index in [2.05, 4.69) is 50.2 Å². The molecule has 0 aromatic rings. The van der Waals surface area contributed by atoms with Crippen LogP contribution in [0.2, 0.25) is 0 Å². The van der Waals surface area contributed by atoms with E-state index >= 15 is 0 Å². The van der Waals surface area contributed by atoms with E-state index in [9.17, 15) is 0 Å². The predicted octanol–water partition coefficient (Wildman–Crippen LogP) is 4.21. The molecule has 1 saturated heterocycles. The van der Waals surface area contributed by atoms with Crippen LogP contribution in [-0.2, 0) is 4.74 Å². The van der Waals surface area contributed by atoms with Crippen LogP contribution in [0.15, 0.2) is 33.4 Å². The number of halogens is 1. The van der Waals surface area contributed by atoms with Crippen molar-refractivity contribution in [3.05, 3.63) is 33.4 Å². The van der Waals surface area contributed by atoms with Crippen LogP contribution in [0.3, 0.4) is 0 Å². The Morgan fingerprint density at radius 2 is 1.93 bits per heavy atom. The van der Waals surface area contributed by atoms with Gasteiger partial charge in [0.1, 0.15) is 0 Å². The summed E-state index contributed by atoms with van der Waals surface area (Å²) in [5, 5.41) is 0. The van der Waals surface area contributed by atoms with Crippen molar-refractivity contribution in [1.82, 2.24) is 0 Å². The van der Waals surface area contributed by atoms with Crippen molar-refractivity contribution in [3.8, 4) is 0 Å². The normalized spacial score (nSPS) is 19.7. The van der Waals surface area contributed by atoms with Gasteiger partial charge in [0.2, 0.25) is 0 Å². The second-order valence-corrected chi connectivity index (χ2v) is 5.25. The molecule has 0 atom stereocenters. The summed E-state index contributed by atoms with van der Waals surface area (Å²) in [5.41, 5.74) is 5.04. The summed E-state index contributed by atoms with van der Waals surface area (Å²) < 4.78 is 6.64. The molecule has 1 aliphatic rings. The molecule has 0 aromatic heterocycles. The van der Waals surface area contributed by atoms with Gasteiger partial charge in [-0.15, -0.1) is 0 Å². The number of allylic oxidation sites excluding steroid dienone is 3. The molecule has 0 aromatic carbocycles. The molecule has 1 nitrogen and oxygen atoms in total. The topological polar surface area (TPSA) is 9.23 Å². The van der Waals surface area contributed by atoms with Gasteiger partial charge in [-0.2, -0.15) is 0 Å². The summed E-state index contributed by atoms with van der Waals surface area (Å²) >= 11 is 3.67. The summed E-state index contributed by atoms with van der Waals surface area (Å²) in [4.78, 5) is 0. The third-order valence-corrected chi connectivity index (χ3v) is 3.75. The van der Waals surface area contributed by atoms with Gasteiger partial charge in [-0.3, -0.25) is 0 Å². The van der Waals surface area contributed by atoms with Crippen LogP contribution in [0.4, 0.5) is 0 Å². The zero-order chi connectivity index (χ0) is 11.6. The molecule has 0 amide bonds. The molecule has 0 aliphatic carbocycles. The average Bonchev–Trinajstić information content (AvgIpc) is 2.52. The molecule has 1 heterocycles. The first-order valence-electron chi connectivity index (χ1n) is 5.27. The Morgan fingerprint density at radius 1 is 1.33 bits per heavy atom. The smallest absolute Gasteiger partial charge is 0.0727 e. The van der Waals surface area contributed by atoms with Crippen molar-refractivity contribution in [1.29, 1.82) is 0 Å². The summed E-state index contributed by atoms with van der Waals surface area (Å²) in [5.74, 6) is 0.489. The Kier molecular flexibility index (Phi) is 4.35. The van der Waals surface area contributed by atoms with Gasteiger partial charge in [0.25, 0.3) is 0 Å². The Bertz CT molecular complexity index is 330. The summed E-state index contributed by atoms with van der Waals surface area (Å²) in [6, 6.07) is 0. The monoisotopic (exact) mass is 270 g/mol. The van der Waals surface area contributed by atoms with Gasteiger partial charge < -0.3 is 4.74 Å². The Morgan fingerprint density at radius 3 is 2.27 bits per heavy atom. The fourth-order valence-electron chi connectivity index (χ4n) is 1.74. The molecule has 0 N–H and O–H groups in total. The van der Waals surface area contributed by atoms with E-state index in [0.29, 0.717) is 19.1 Å². The third-order valence-electron chi connectivity index (χ3n) is 2.53. The van der Waals surface area contributed by atoms with Gasteiger partial charge >= 0.3 is 0 Å². The van der Waals surface area contributed by atoms with Crippen LogP contribution in [-0.4, -0.2) is 13.2 Å². The van der Waals surface area contributed by atoms with Crippen molar-refractivity contribution < 1.29 is 4.74 Å². The van der Waals surface area contributed by atoms with Crippen molar-refractivity contribution >= 4 is 15.9 Å². The van der Waals surface area contributed by atoms with Gasteiger partial charge in [0.05, 0.1) is 13.2 Å². The minimum atomic E-state index is 0.489. The number of rotatable bonds is 2. The third kappa shape index (κ3) is 2.82. The van der Waals surface area contributed by atoms with Crippen LogP contribution >= 0.6 is 15.9 Å². The lowest BCUT2D eigenvalue weighted by Gasteiger charge is -2.16. The Balaban J connectivity index is 3.24. The van der Waals surface area contributed by atoms with Crippen LogP contribution in [0.25, 0.3) is 0 Å². The lowest BCUT2D eigenvalue weighted by Crippen LogP contribution is -2.02. The summed E-state index contributed by atoms with van der Waals surface area (Å²) in [6.07, 6.45) is 0. The highest BCUT2D eigenvalue weighted by atomic mass is 79.9. The molecule has 1 fully saturated rings. The van der Waals surface area contributed by atoms with E-state index in [-0.39, 0.29) is 0 Å². The van der Waals surface area contributed by atoms with E-state index < -0.39 is 0 Å². The first-order valence-corrected chi connectivity index (χ1v) is 6.06. The zero-order valence-electron chi connectivity index (χ0n) is 9.98. The lowest BCUT2D eigenvalue weighted by atomic mass is 9.93. The lowest BCUT2D eigenvalue weighted by molar-refractivity contribution is 0.214. The van der Waals surface area contributed by atoms with Gasteiger partial charge in [-0.1, -0.05) is 41.9 Å². The van der Waals surface area contributed by atoms with Crippen LogP contribution in [0.5, 0.6) is 0 Å². The maximum absolute atomic E-state index is 5.43. The van der Waals surface area contributed by atoms with Crippen molar-refractivity contribution in [3.63, 3.8) is 0 Å². The summed E-state index contributed by atoms with van der Waals surface area (Å²) in [7, 11) is 0. The highest BCUT2D eigenvalue weighted by Gasteiger charge is 2.21. The maximum Gasteiger partial charge on any atom is 0.0727 e. The number of hydrogen-bond donors (Lipinski definition) is 0. The zero-order valence-corrected chi connectivity index (χ0v) is 11.6. The second-order valence-electron chi connectivity index (χ2n) is 4.46. The molecule has 1 aliphatic heterocycles. The van der Waals surface area contributed by atoms with Crippen molar-refractivity contribution in [2.75, 3.05) is 13.2 Å². The molecule has 0 spiro atoms. The van der Waals surface area contributed by atoms with E-state index in [1.165, 1.54) is 21.2 Å². The minimum Gasteiger partial charge on any atom is -0.372 e. The molecular formula is C13H19BrO. The maximum atomic E-state index is 5.43. The molecule has 2 heteroatoms. The molecule has 84 valence electrons. The van der Waals surface area contributed by atoms with Crippen LogP contribution in [0.1, 0.15) is 27.7 Å². The Labute approximate surface area is 101 Å². The van der Waals surface area contributed by atoms with Crippen LogP contribution in [0, 0.1) is 5.92 Å². The molecular weight excluding hydrogens is 252 g/mol. The van der Waals surface area contributed by atoms with Gasteiger partial charge in [0.15, 0.2) is 0 Å². The first kappa shape index (κ1) is 12.7. The molecule has 0 unspecified atom stereocenters. The number of ether oxygens (including phenoxy) is 1. The summed E-state index contributed by atoms with van der Waals surface area (Å²) in [6.45, 7) is 14.1. The quantitative estimate of drug-likeness (QED) is 0.730. The van der Waals surface area contributed by atoms with Crippen molar-refractivity contribution in [2.45, 2.75) is 27.7 Å². The number of hydrogen-bond acceptors (Lipinski definition) is 1. The van der Waals surface area contributed by atoms with E-state index in [1.807, 2.05) is 0 Å². The van der Waals surface area contributed by atoms with Gasteiger partial charge in [-0.05, 0) is 36.5 Å². The SMILES string of the molecule is C=C1COC/C1=C(/C(Br)=C(C)C)C(C)C. The molecule has 1 rings (SSSR count). The minimum absolute atomic E-state index is 0.489. The fourth-order valence-corrected chi connectivity index (χ4v) is 2.43. The molecule has 0 radical (unpaired) electrons. The van der Waals surface area contributed by atoms with Crippen LogP contribution < -0.4 is 0 Å². The van der Waals surface area contributed by atoms with Gasteiger partial charge in [0, 0.05) is 4.48 Å². The van der Waals surface area contributed by atoms with Crippen molar-refractivity contribution in [2.24, 2.45) is 5.92 Å². The van der Waals surface area contributed by atoms with Gasteiger partial charge in [-0.25, -0.2) is 0 Å². The first-order chi connectivity index (χ1) is 6.95. The van der Waals surface area contributed by atoms with E-state index in [0.717, 1.165) is 5.57 Å². The molecule has 0 bridgehead atoms. The predicted molar refractivity (Wildman–Crippen MR) is 69.1 cm³/mol. The average molecular weight is 271 g/mol. The van der Waals surface area contributed by atoms with E-state index in [1.54, 1.807) is 0 Å². The van der Waals surface area contributed by atoms with E-state index in [4.69, 9.17) is 4.74 Å². The second kappa shape index (κ2) is 5.13. The Hall–Kier alpha value is -0.340. The molecule has 15 heavy (non-hydrogen) atoms. The molecule has 0 saturated carbocycles. The highest BCUT2D eigenvalue weighted by Crippen LogP contribution is 2.34. The largest absolute Gasteiger partial charge is 0.372 e.